The van der Waals surface area contributed by atoms with Crippen LogP contribution in [0.15, 0.2) is 24.5 Å². The number of nitrogens with one attached hydrogen (secondary N) is 2. The van der Waals surface area contributed by atoms with Crippen molar-refractivity contribution in [1.82, 2.24) is 20.5 Å². The van der Waals surface area contributed by atoms with Crippen molar-refractivity contribution in [3.05, 3.63) is 30.1 Å². The predicted octanol–water partition coefficient (Wildman–Crippen LogP) is 1.46. The molecule has 3 aliphatic rings. The molecule has 26 heavy (non-hydrogen) atoms. The summed E-state index contributed by atoms with van der Waals surface area (Å²) in [5, 5.41) is 7.00. The van der Waals surface area contributed by atoms with Gasteiger partial charge in [0.15, 0.2) is 0 Å². The first-order valence-electron chi connectivity index (χ1n) is 10.0. The van der Waals surface area contributed by atoms with E-state index >= 15 is 0 Å². The minimum atomic E-state index is -0.330. The van der Waals surface area contributed by atoms with Crippen molar-refractivity contribution in [2.75, 3.05) is 26.3 Å². The van der Waals surface area contributed by atoms with Crippen molar-refractivity contribution in [3.8, 4) is 0 Å². The van der Waals surface area contributed by atoms with Crippen LogP contribution >= 0.6 is 0 Å². The molecule has 6 nitrogen and oxygen atoms in total. The van der Waals surface area contributed by atoms with E-state index in [1.807, 2.05) is 18.3 Å². The van der Waals surface area contributed by atoms with E-state index in [1.165, 1.54) is 6.42 Å². The van der Waals surface area contributed by atoms with E-state index in [0.29, 0.717) is 18.6 Å². The molecule has 0 unspecified atom stereocenters. The largest absolute Gasteiger partial charge is 0.381 e. The standard InChI is InChI=1S/C20H30N4O2/c25-19(22-14-16-4-3-8-21-13-16)20-7-1-2-9-24(20)15-18(12-20)23-17-5-10-26-11-6-17/h3-4,8,13,17-18,23H,1-2,5-7,9-12,14-15H2,(H,22,25)/t18-,20+/m0/s1. The fraction of sp³-hybridized carbons (Fsp3) is 0.700. The van der Waals surface area contributed by atoms with Gasteiger partial charge in [0.25, 0.3) is 0 Å². The molecule has 1 amide bonds. The average Bonchev–Trinajstić information content (AvgIpc) is 3.07. The Hall–Kier alpha value is -1.50. The molecule has 2 N–H and O–H groups in total. The fourth-order valence-electron chi connectivity index (χ4n) is 4.84. The van der Waals surface area contributed by atoms with Gasteiger partial charge in [-0.15, -0.1) is 0 Å². The first kappa shape index (κ1) is 17.9. The molecule has 0 bridgehead atoms. The Balaban J connectivity index is 1.40. The fourth-order valence-corrected chi connectivity index (χ4v) is 4.84. The van der Waals surface area contributed by atoms with Gasteiger partial charge in [-0.25, -0.2) is 0 Å². The Morgan fingerprint density at radius 1 is 1.31 bits per heavy atom. The van der Waals surface area contributed by atoms with Gasteiger partial charge < -0.3 is 15.4 Å². The van der Waals surface area contributed by atoms with Crippen molar-refractivity contribution in [2.45, 2.75) is 62.7 Å². The summed E-state index contributed by atoms with van der Waals surface area (Å²) in [6.07, 6.45) is 9.97. The first-order chi connectivity index (χ1) is 12.8. The Bertz CT molecular complexity index is 605. The summed E-state index contributed by atoms with van der Waals surface area (Å²) in [4.78, 5) is 19.8. The number of ether oxygens (including phenoxy) is 1. The van der Waals surface area contributed by atoms with E-state index in [-0.39, 0.29) is 11.4 Å². The van der Waals surface area contributed by atoms with Crippen LogP contribution in [0.25, 0.3) is 0 Å². The maximum Gasteiger partial charge on any atom is 0.240 e. The number of rotatable bonds is 5. The van der Waals surface area contributed by atoms with Gasteiger partial charge in [-0.1, -0.05) is 6.07 Å². The number of piperidine rings is 1. The summed E-state index contributed by atoms with van der Waals surface area (Å²) in [5.41, 5.74) is 0.720. The quantitative estimate of drug-likeness (QED) is 0.834. The van der Waals surface area contributed by atoms with Crippen LogP contribution in [-0.4, -0.2) is 59.7 Å². The lowest BCUT2D eigenvalue weighted by atomic mass is 9.84. The first-order valence-corrected chi connectivity index (χ1v) is 10.0. The minimum Gasteiger partial charge on any atom is -0.381 e. The molecular formula is C20H30N4O2. The Kier molecular flexibility index (Phi) is 5.52. The zero-order valence-electron chi connectivity index (χ0n) is 15.5. The molecule has 6 heteroatoms. The van der Waals surface area contributed by atoms with E-state index in [9.17, 15) is 4.79 Å². The predicted molar refractivity (Wildman–Crippen MR) is 99.6 cm³/mol. The lowest BCUT2D eigenvalue weighted by Gasteiger charge is -2.40. The molecule has 0 aromatic carbocycles. The molecule has 1 aromatic rings. The van der Waals surface area contributed by atoms with Crippen LogP contribution in [0.3, 0.4) is 0 Å². The van der Waals surface area contributed by atoms with Crippen LogP contribution in [-0.2, 0) is 16.1 Å². The second-order valence-corrected chi connectivity index (χ2v) is 7.93. The molecule has 0 spiro atoms. The number of fused-ring (bicyclic) bond motifs is 1. The molecule has 0 radical (unpaired) electrons. The summed E-state index contributed by atoms with van der Waals surface area (Å²) in [6, 6.07) is 4.86. The number of aromatic nitrogens is 1. The average molecular weight is 358 g/mol. The molecule has 4 rings (SSSR count). The van der Waals surface area contributed by atoms with E-state index in [0.717, 1.165) is 64.0 Å². The van der Waals surface area contributed by atoms with Crippen molar-refractivity contribution in [2.24, 2.45) is 0 Å². The second kappa shape index (κ2) is 8.03. The van der Waals surface area contributed by atoms with Crippen molar-refractivity contribution < 1.29 is 9.53 Å². The lowest BCUT2D eigenvalue weighted by molar-refractivity contribution is -0.134. The highest BCUT2D eigenvalue weighted by Crippen LogP contribution is 2.38. The highest BCUT2D eigenvalue weighted by molar-refractivity contribution is 5.87. The van der Waals surface area contributed by atoms with Crippen LogP contribution in [0, 0.1) is 0 Å². The van der Waals surface area contributed by atoms with Gasteiger partial charge in [0.05, 0.1) is 0 Å². The molecule has 0 saturated carbocycles. The number of carbonyl (C=O) groups is 1. The van der Waals surface area contributed by atoms with Crippen LogP contribution in [0.5, 0.6) is 0 Å². The molecule has 142 valence electrons. The Morgan fingerprint density at radius 3 is 3.00 bits per heavy atom. The van der Waals surface area contributed by atoms with E-state index < -0.39 is 0 Å². The van der Waals surface area contributed by atoms with E-state index in [1.54, 1.807) is 6.20 Å². The summed E-state index contributed by atoms with van der Waals surface area (Å²) in [7, 11) is 0. The zero-order chi connectivity index (χ0) is 17.8. The molecule has 3 fully saturated rings. The molecule has 3 aliphatic heterocycles. The number of hydrogen-bond donors (Lipinski definition) is 2. The molecule has 2 atom stereocenters. The number of hydrogen-bond acceptors (Lipinski definition) is 5. The van der Waals surface area contributed by atoms with Gasteiger partial charge in [-0.05, 0) is 56.7 Å². The third-order valence-electron chi connectivity index (χ3n) is 6.19. The summed E-state index contributed by atoms with van der Waals surface area (Å²) < 4.78 is 5.47. The van der Waals surface area contributed by atoms with Crippen LogP contribution in [0.2, 0.25) is 0 Å². The monoisotopic (exact) mass is 358 g/mol. The van der Waals surface area contributed by atoms with Crippen molar-refractivity contribution >= 4 is 5.91 Å². The van der Waals surface area contributed by atoms with Crippen LogP contribution in [0.1, 0.15) is 44.1 Å². The number of pyridine rings is 1. The van der Waals surface area contributed by atoms with Gasteiger partial charge in [-0.2, -0.15) is 0 Å². The minimum absolute atomic E-state index is 0.192. The van der Waals surface area contributed by atoms with E-state index in [4.69, 9.17) is 4.74 Å². The summed E-state index contributed by atoms with van der Waals surface area (Å²) in [6.45, 7) is 4.28. The third kappa shape index (κ3) is 3.77. The smallest absolute Gasteiger partial charge is 0.240 e. The van der Waals surface area contributed by atoms with Crippen LogP contribution < -0.4 is 10.6 Å². The Morgan fingerprint density at radius 2 is 2.19 bits per heavy atom. The normalized spacial score (nSPS) is 30.1. The highest BCUT2D eigenvalue weighted by Gasteiger charge is 2.51. The maximum absolute atomic E-state index is 13.2. The number of carbonyl (C=O) groups excluding carboxylic acids is 1. The molecule has 4 heterocycles. The highest BCUT2D eigenvalue weighted by atomic mass is 16.5. The van der Waals surface area contributed by atoms with Gasteiger partial charge in [0, 0.05) is 50.8 Å². The lowest BCUT2D eigenvalue weighted by Crippen LogP contribution is -2.57. The molecule has 1 aromatic heterocycles. The van der Waals surface area contributed by atoms with Gasteiger partial charge in [0.2, 0.25) is 5.91 Å². The number of nitrogens with zero attached hydrogens (tertiary/aromatic N) is 2. The Labute approximate surface area is 155 Å². The van der Waals surface area contributed by atoms with Gasteiger partial charge in [0.1, 0.15) is 5.54 Å². The molecule has 0 aliphatic carbocycles. The van der Waals surface area contributed by atoms with Crippen LogP contribution in [0.4, 0.5) is 0 Å². The van der Waals surface area contributed by atoms with Gasteiger partial charge >= 0.3 is 0 Å². The van der Waals surface area contributed by atoms with Gasteiger partial charge in [-0.3, -0.25) is 14.7 Å². The molecule has 3 saturated heterocycles. The van der Waals surface area contributed by atoms with Crippen molar-refractivity contribution in [3.63, 3.8) is 0 Å². The number of amides is 1. The third-order valence-corrected chi connectivity index (χ3v) is 6.19. The summed E-state index contributed by atoms with van der Waals surface area (Å²) >= 11 is 0. The summed E-state index contributed by atoms with van der Waals surface area (Å²) in [5.74, 6) is 0.192. The SMILES string of the molecule is O=C(NCc1cccnc1)[C@]12CCCCN1C[C@@H](NC1CCOCC1)C2. The molecular weight excluding hydrogens is 328 g/mol. The maximum atomic E-state index is 13.2. The topological polar surface area (TPSA) is 66.5 Å². The van der Waals surface area contributed by atoms with E-state index in [2.05, 4.69) is 20.5 Å². The van der Waals surface area contributed by atoms with Crippen molar-refractivity contribution in [1.29, 1.82) is 0 Å². The second-order valence-electron chi connectivity index (χ2n) is 7.93. The zero-order valence-corrected chi connectivity index (χ0v) is 15.5.